The second-order valence-electron chi connectivity index (χ2n) is 6.02. The molecule has 0 bridgehead atoms. The molecule has 0 atom stereocenters. The molecular weight excluding hydrogens is 346 g/mol. The molecule has 4 nitrogen and oxygen atoms in total. The first kappa shape index (κ1) is 17.0. The van der Waals surface area contributed by atoms with Gasteiger partial charge < -0.3 is 5.32 Å². The van der Waals surface area contributed by atoms with E-state index >= 15 is 0 Å². The summed E-state index contributed by atoms with van der Waals surface area (Å²) in [4.78, 5) is 13.4. The highest BCUT2D eigenvalue weighted by Gasteiger charge is 2.12. The Morgan fingerprint density at radius 3 is 2.59 bits per heavy atom. The van der Waals surface area contributed by atoms with E-state index in [1.54, 1.807) is 24.5 Å². The summed E-state index contributed by atoms with van der Waals surface area (Å²) in [6, 6.07) is 12.7. The second kappa shape index (κ2) is 7.07. The van der Waals surface area contributed by atoms with Gasteiger partial charge in [-0.2, -0.15) is 0 Å². The molecule has 0 amide bonds. The fourth-order valence-electron chi connectivity index (χ4n) is 2.95. The van der Waals surface area contributed by atoms with Gasteiger partial charge in [0.2, 0.25) is 0 Å². The van der Waals surface area contributed by atoms with Crippen molar-refractivity contribution in [2.24, 2.45) is 0 Å². The van der Waals surface area contributed by atoms with Crippen molar-refractivity contribution in [1.82, 2.24) is 15.0 Å². The summed E-state index contributed by atoms with van der Waals surface area (Å²) in [7, 11) is 0. The summed E-state index contributed by atoms with van der Waals surface area (Å²) in [6.07, 6.45) is 3.38. The van der Waals surface area contributed by atoms with Crippen LogP contribution < -0.4 is 5.32 Å². The number of nitrogens with zero attached hydrogens (tertiary/aromatic N) is 3. The van der Waals surface area contributed by atoms with Crippen LogP contribution in [0.25, 0.3) is 33.4 Å². The third kappa shape index (κ3) is 3.33. The predicted molar refractivity (Wildman–Crippen MR) is 102 cm³/mol. The van der Waals surface area contributed by atoms with Gasteiger partial charge in [0.15, 0.2) is 5.82 Å². The van der Waals surface area contributed by atoms with Crippen LogP contribution in [-0.4, -0.2) is 21.5 Å². The molecule has 0 aliphatic rings. The molecule has 0 saturated carbocycles. The summed E-state index contributed by atoms with van der Waals surface area (Å²) in [6.45, 7) is 2.69. The quantitative estimate of drug-likeness (QED) is 0.551. The lowest BCUT2D eigenvalue weighted by Crippen LogP contribution is -2.03. The highest BCUT2D eigenvalue weighted by molar-refractivity contribution is 5.93. The van der Waals surface area contributed by atoms with Crippen LogP contribution in [0.2, 0.25) is 0 Å². The van der Waals surface area contributed by atoms with Crippen molar-refractivity contribution in [3.63, 3.8) is 0 Å². The van der Waals surface area contributed by atoms with Crippen LogP contribution in [0.3, 0.4) is 0 Å². The molecule has 2 aromatic heterocycles. The van der Waals surface area contributed by atoms with Crippen molar-refractivity contribution >= 4 is 16.7 Å². The number of rotatable bonds is 4. The molecule has 0 aliphatic carbocycles. The Bertz CT molecular complexity index is 1110. The zero-order valence-corrected chi connectivity index (χ0v) is 14.6. The van der Waals surface area contributed by atoms with Gasteiger partial charge in [0.05, 0.1) is 5.52 Å². The van der Waals surface area contributed by atoms with E-state index in [-0.39, 0.29) is 0 Å². The zero-order chi connectivity index (χ0) is 18.8. The number of pyridine rings is 1. The molecule has 0 radical (unpaired) electrons. The van der Waals surface area contributed by atoms with Crippen molar-refractivity contribution in [2.75, 3.05) is 11.9 Å². The monoisotopic (exact) mass is 362 g/mol. The molecule has 2 aromatic carbocycles. The molecule has 4 aromatic rings. The molecular formula is C21H16F2N4. The number of aromatic nitrogens is 3. The van der Waals surface area contributed by atoms with Gasteiger partial charge in [0.1, 0.15) is 17.5 Å². The fraction of sp³-hybridized carbons (Fsp3) is 0.0952. The van der Waals surface area contributed by atoms with Gasteiger partial charge in [0, 0.05) is 41.5 Å². The number of fused-ring (bicyclic) bond motifs is 1. The van der Waals surface area contributed by atoms with Crippen LogP contribution in [0.4, 0.5) is 14.6 Å². The summed E-state index contributed by atoms with van der Waals surface area (Å²) in [5.74, 6) is 0.0196. The van der Waals surface area contributed by atoms with Crippen LogP contribution in [0, 0.1) is 11.6 Å². The van der Waals surface area contributed by atoms with Gasteiger partial charge in [0.25, 0.3) is 0 Å². The Morgan fingerprint density at radius 1 is 0.963 bits per heavy atom. The van der Waals surface area contributed by atoms with Crippen molar-refractivity contribution in [2.45, 2.75) is 6.92 Å². The van der Waals surface area contributed by atoms with Crippen molar-refractivity contribution in [1.29, 1.82) is 0 Å². The van der Waals surface area contributed by atoms with Crippen molar-refractivity contribution < 1.29 is 8.78 Å². The number of hydrogen-bond donors (Lipinski definition) is 1. The Labute approximate surface area is 154 Å². The van der Waals surface area contributed by atoms with E-state index < -0.39 is 11.6 Å². The molecule has 0 unspecified atom stereocenters. The minimum absolute atomic E-state index is 0.324. The van der Waals surface area contributed by atoms with Crippen LogP contribution >= 0.6 is 0 Å². The first-order chi connectivity index (χ1) is 13.2. The minimum Gasteiger partial charge on any atom is -0.370 e. The number of halogens is 2. The third-order valence-corrected chi connectivity index (χ3v) is 4.20. The van der Waals surface area contributed by atoms with E-state index in [4.69, 9.17) is 0 Å². The predicted octanol–water partition coefficient (Wildman–Crippen LogP) is 5.07. The minimum atomic E-state index is -0.609. The van der Waals surface area contributed by atoms with Crippen LogP contribution in [-0.2, 0) is 0 Å². The molecule has 0 spiro atoms. The molecule has 2 heterocycles. The Balaban J connectivity index is 1.91. The number of anilines is 1. The van der Waals surface area contributed by atoms with Crippen LogP contribution in [0.5, 0.6) is 0 Å². The second-order valence-corrected chi connectivity index (χ2v) is 6.02. The molecule has 27 heavy (non-hydrogen) atoms. The normalized spacial score (nSPS) is 10.9. The van der Waals surface area contributed by atoms with E-state index in [0.29, 0.717) is 34.8 Å². The van der Waals surface area contributed by atoms with Crippen LogP contribution in [0.1, 0.15) is 6.92 Å². The number of benzene rings is 2. The Hall–Kier alpha value is -3.41. The van der Waals surface area contributed by atoms with Gasteiger partial charge in [-0.15, -0.1) is 0 Å². The summed E-state index contributed by atoms with van der Waals surface area (Å²) >= 11 is 0. The maximum atomic E-state index is 14.2. The zero-order valence-electron chi connectivity index (χ0n) is 14.6. The van der Waals surface area contributed by atoms with E-state index in [1.165, 1.54) is 12.1 Å². The number of nitrogens with one attached hydrogen (secondary N) is 1. The Kier molecular flexibility index (Phi) is 4.46. The third-order valence-electron chi connectivity index (χ3n) is 4.20. The highest BCUT2D eigenvalue weighted by Crippen LogP contribution is 2.30. The van der Waals surface area contributed by atoms with Crippen LogP contribution in [0.15, 0.2) is 60.9 Å². The first-order valence-electron chi connectivity index (χ1n) is 8.57. The topological polar surface area (TPSA) is 50.7 Å². The molecule has 6 heteroatoms. The molecule has 1 N–H and O–H groups in total. The molecule has 0 fully saturated rings. The molecule has 0 saturated heterocycles. The first-order valence-corrected chi connectivity index (χ1v) is 8.57. The Morgan fingerprint density at radius 2 is 1.85 bits per heavy atom. The van der Waals surface area contributed by atoms with Crippen molar-refractivity contribution in [3.8, 4) is 22.5 Å². The summed E-state index contributed by atoms with van der Waals surface area (Å²) in [5.41, 5.74) is 2.40. The molecule has 4 rings (SSSR count). The molecule has 0 aliphatic heterocycles. The fourth-order valence-corrected chi connectivity index (χ4v) is 2.95. The SMILES string of the molecule is CCNc1nc(-c2cccnc2)nc2cc(-c3ccc(F)cc3F)ccc12. The van der Waals surface area contributed by atoms with E-state index in [0.717, 1.165) is 17.0 Å². The average molecular weight is 362 g/mol. The highest BCUT2D eigenvalue weighted by atomic mass is 19.1. The van der Waals surface area contributed by atoms with Gasteiger partial charge in [-0.05, 0) is 48.9 Å². The largest absolute Gasteiger partial charge is 0.370 e. The lowest BCUT2D eigenvalue weighted by Gasteiger charge is -2.11. The van der Waals surface area contributed by atoms with Gasteiger partial charge in [-0.25, -0.2) is 18.7 Å². The van der Waals surface area contributed by atoms with Gasteiger partial charge in [-0.1, -0.05) is 6.07 Å². The van der Waals surface area contributed by atoms with E-state index in [1.807, 2.05) is 25.1 Å². The van der Waals surface area contributed by atoms with E-state index in [9.17, 15) is 8.78 Å². The summed E-state index contributed by atoms with van der Waals surface area (Å²) < 4.78 is 27.4. The lowest BCUT2D eigenvalue weighted by molar-refractivity contribution is 0.585. The smallest absolute Gasteiger partial charge is 0.163 e. The van der Waals surface area contributed by atoms with Crippen molar-refractivity contribution in [3.05, 3.63) is 72.6 Å². The maximum Gasteiger partial charge on any atom is 0.163 e. The van der Waals surface area contributed by atoms with E-state index in [2.05, 4.69) is 20.3 Å². The maximum absolute atomic E-state index is 14.2. The number of hydrogen-bond acceptors (Lipinski definition) is 4. The summed E-state index contributed by atoms with van der Waals surface area (Å²) in [5, 5.41) is 4.07. The lowest BCUT2D eigenvalue weighted by atomic mass is 10.0. The molecule has 134 valence electrons. The van der Waals surface area contributed by atoms with Gasteiger partial charge in [-0.3, -0.25) is 4.98 Å². The van der Waals surface area contributed by atoms with Gasteiger partial charge >= 0.3 is 0 Å². The standard InChI is InChI=1S/C21H16F2N4/c1-2-25-21-17-7-5-13(16-8-6-15(22)11-18(16)23)10-19(17)26-20(27-21)14-4-3-9-24-12-14/h3-12H,2H2,1H3,(H,25,26,27). The average Bonchev–Trinajstić information content (AvgIpc) is 2.68.